The van der Waals surface area contributed by atoms with Crippen LogP contribution in [-0.2, 0) is 4.79 Å². The quantitative estimate of drug-likeness (QED) is 0.841. The number of hydrogen-bond donors (Lipinski definition) is 2. The van der Waals surface area contributed by atoms with Crippen LogP contribution in [0.4, 0.5) is 5.82 Å². The molecule has 1 amide bonds. The van der Waals surface area contributed by atoms with Crippen molar-refractivity contribution in [3.05, 3.63) is 23.4 Å². The number of pyridine rings is 1. The zero-order chi connectivity index (χ0) is 16.2. The van der Waals surface area contributed by atoms with Crippen LogP contribution in [0, 0.1) is 5.41 Å². The van der Waals surface area contributed by atoms with E-state index in [-0.39, 0.29) is 11.9 Å². The van der Waals surface area contributed by atoms with Crippen LogP contribution in [0.2, 0.25) is 5.02 Å². The van der Waals surface area contributed by atoms with Crippen LogP contribution in [0.3, 0.4) is 0 Å². The highest BCUT2D eigenvalue weighted by Crippen LogP contribution is 2.28. The first-order valence-corrected chi connectivity index (χ1v) is 8.30. The minimum absolute atomic E-state index is 0.0685. The number of halogens is 1. The maximum atomic E-state index is 12.6. The number of anilines is 1. The van der Waals surface area contributed by atoms with Crippen molar-refractivity contribution in [2.75, 3.05) is 24.5 Å². The van der Waals surface area contributed by atoms with Gasteiger partial charge in [-0.25, -0.2) is 4.98 Å². The molecule has 1 aliphatic rings. The molecule has 1 fully saturated rings. The van der Waals surface area contributed by atoms with E-state index in [4.69, 9.17) is 17.3 Å². The van der Waals surface area contributed by atoms with E-state index in [1.807, 2.05) is 26.0 Å². The summed E-state index contributed by atoms with van der Waals surface area (Å²) in [4.78, 5) is 19.0. The highest BCUT2D eigenvalue weighted by molar-refractivity contribution is 6.32. The summed E-state index contributed by atoms with van der Waals surface area (Å²) in [7, 11) is 0. The molecule has 5 nitrogen and oxygen atoms in total. The van der Waals surface area contributed by atoms with Gasteiger partial charge in [0.1, 0.15) is 5.82 Å². The van der Waals surface area contributed by atoms with Gasteiger partial charge in [0.05, 0.1) is 10.4 Å². The molecule has 2 heterocycles. The van der Waals surface area contributed by atoms with Crippen molar-refractivity contribution < 1.29 is 4.79 Å². The van der Waals surface area contributed by atoms with E-state index in [1.54, 1.807) is 6.20 Å². The third kappa shape index (κ3) is 3.36. The Morgan fingerprint density at radius 2 is 2.27 bits per heavy atom. The number of nitrogens with one attached hydrogen (secondary N) is 1. The lowest BCUT2D eigenvalue weighted by Crippen LogP contribution is -2.49. The van der Waals surface area contributed by atoms with Crippen LogP contribution >= 0.6 is 11.6 Å². The zero-order valence-electron chi connectivity index (χ0n) is 13.3. The fourth-order valence-corrected chi connectivity index (χ4v) is 3.21. The van der Waals surface area contributed by atoms with Crippen LogP contribution < -0.4 is 16.0 Å². The van der Waals surface area contributed by atoms with Crippen molar-refractivity contribution in [2.45, 2.75) is 39.2 Å². The van der Waals surface area contributed by atoms with Crippen LogP contribution in [0.15, 0.2) is 18.3 Å². The Labute approximate surface area is 137 Å². The van der Waals surface area contributed by atoms with Gasteiger partial charge < -0.3 is 16.0 Å². The van der Waals surface area contributed by atoms with Crippen LogP contribution in [-0.4, -0.2) is 36.6 Å². The third-order valence-corrected chi connectivity index (χ3v) is 5.08. The molecule has 0 aliphatic carbocycles. The number of carbonyl (C=O) groups excluding carboxylic acids is 1. The maximum absolute atomic E-state index is 12.6. The van der Waals surface area contributed by atoms with Crippen LogP contribution in [0.25, 0.3) is 0 Å². The fourth-order valence-electron chi connectivity index (χ4n) is 2.97. The first-order chi connectivity index (χ1) is 10.6. The summed E-state index contributed by atoms with van der Waals surface area (Å²) in [6.45, 7) is 6.00. The minimum atomic E-state index is -0.448. The van der Waals surface area contributed by atoms with Crippen LogP contribution in [0.1, 0.15) is 33.1 Å². The van der Waals surface area contributed by atoms with E-state index in [9.17, 15) is 4.79 Å². The van der Waals surface area contributed by atoms with Crippen molar-refractivity contribution in [3.63, 3.8) is 0 Å². The molecule has 0 radical (unpaired) electrons. The number of hydrogen-bond acceptors (Lipinski definition) is 4. The molecule has 1 saturated heterocycles. The number of aromatic nitrogens is 1. The zero-order valence-corrected chi connectivity index (χ0v) is 14.1. The van der Waals surface area contributed by atoms with E-state index >= 15 is 0 Å². The van der Waals surface area contributed by atoms with Gasteiger partial charge in [-0.1, -0.05) is 25.4 Å². The van der Waals surface area contributed by atoms with E-state index in [0.717, 1.165) is 38.2 Å². The van der Waals surface area contributed by atoms with Gasteiger partial charge in [0.25, 0.3) is 0 Å². The molecule has 1 unspecified atom stereocenters. The van der Waals surface area contributed by atoms with E-state index < -0.39 is 5.41 Å². The van der Waals surface area contributed by atoms with Gasteiger partial charge in [0, 0.05) is 31.9 Å². The molecule has 6 heteroatoms. The Bertz CT molecular complexity index is 510. The average molecular weight is 325 g/mol. The lowest BCUT2D eigenvalue weighted by molar-refractivity contribution is -0.131. The summed E-state index contributed by atoms with van der Waals surface area (Å²) in [5.74, 6) is 0.857. The maximum Gasteiger partial charge on any atom is 0.227 e. The van der Waals surface area contributed by atoms with Gasteiger partial charge in [-0.3, -0.25) is 4.79 Å². The molecule has 22 heavy (non-hydrogen) atoms. The molecule has 2 rings (SSSR count). The topological polar surface area (TPSA) is 71.2 Å². The van der Waals surface area contributed by atoms with E-state index in [0.29, 0.717) is 11.6 Å². The number of nitrogens with zero attached hydrogens (tertiary/aromatic N) is 2. The predicted molar refractivity (Wildman–Crippen MR) is 90.1 cm³/mol. The van der Waals surface area contributed by atoms with Crippen molar-refractivity contribution in [1.82, 2.24) is 10.3 Å². The molecule has 3 N–H and O–H groups in total. The Balaban J connectivity index is 1.99. The highest BCUT2D eigenvalue weighted by Gasteiger charge is 2.36. The lowest BCUT2D eigenvalue weighted by Gasteiger charge is -2.30. The summed E-state index contributed by atoms with van der Waals surface area (Å²) in [5, 5.41) is 3.81. The van der Waals surface area contributed by atoms with E-state index in [1.165, 1.54) is 0 Å². The summed E-state index contributed by atoms with van der Waals surface area (Å²) in [6.07, 6.45) is 4.15. The first-order valence-electron chi connectivity index (χ1n) is 7.92. The third-order valence-electron chi connectivity index (χ3n) is 4.79. The predicted octanol–water partition coefficient (Wildman–Crippen LogP) is 2.19. The van der Waals surface area contributed by atoms with Gasteiger partial charge in [-0.15, -0.1) is 0 Å². The Morgan fingerprint density at radius 1 is 1.55 bits per heavy atom. The summed E-state index contributed by atoms with van der Waals surface area (Å²) >= 11 is 6.19. The molecule has 0 bridgehead atoms. The smallest absolute Gasteiger partial charge is 0.227 e. The Morgan fingerprint density at radius 3 is 2.86 bits per heavy atom. The van der Waals surface area contributed by atoms with Crippen molar-refractivity contribution in [3.8, 4) is 0 Å². The molecule has 122 valence electrons. The summed E-state index contributed by atoms with van der Waals surface area (Å²) < 4.78 is 0. The second-order valence-electron chi connectivity index (χ2n) is 5.91. The SMILES string of the molecule is CCC(CC)(CN)C(=O)NC1CCN(c2ncccc2Cl)C1. The number of amides is 1. The fraction of sp³-hybridized carbons (Fsp3) is 0.625. The van der Waals surface area contributed by atoms with Crippen molar-refractivity contribution in [1.29, 1.82) is 0 Å². The molecule has 1 aromatic heterocycles. The molecule has 0 spiro atoms. The Hall–Kier alpha value is -1.33. The summed E-state index contributed by atoms with van der Waals surface area (Å²) in [6, 6.07) is 3.78. The molecule has 1 aromatic rings. The molecule has 0 aromatic carbocycles. The normalized spacial score (nSPS) is 18.5. The van der Waals surface area contributed by atoms with Crippen molar-refractivity contribution in [2.24, 2.45) is 11.1 Å². The molecular weight excluding hydrogens is 300 g/mol. The molecule has 1 atom stereocenters. The molecular formula is C16H25ClN4O. The molecule has 0 saturated carbocycles. The molecule has 1 aliphatic heterocycles. The number of rotatable bonds is 6. The minimum Gasteiger partial charge on any atom is -0.353 e. The highest BCUT2D eigenvalue weighted by atomic mass is 35.5. The van der Waals surface area contributed by atoms with Gasteiger partial charge in [-0.05, 0) is 31.4 Å². The monoisotopic (exact) mass is 324 g/mol. The second-order valence-corrected chi connectivity index (χ2v) is 6.31. The second kappa shape index (κ2) is 7.29. The first kappa shape index (κ1) is 17.0. The van der Waals surface area contributed by atoms with Gasteiger partial charge in [0.15, 0.2) is 0 Å². The summed E-state index contributed by atoms with van der Waals surface area (Å²) in [5.41, 5.74) is 5.40. The van der Waals surface area contributed by atoms with Gasteiger partial charge in [-0.2, -0.15) is 0 Å². The average Bonchev–Trinajstić information content (AvgIpc) is 2.98. The lowest BCUT2D eigenvalue weighted by atomic mass is 9.81. The van der Waals surface area contributed by atoms with Gasteiger partial charge >= 0.3 is 0 Å². The van der Waals surface area contributed by atoms with Gasteiger partial charge in [0.2, 0.25) is 5.91 Å². The van der Waals surface area contributed by atoms with Crippen molar-refractivity contribution >= 4 is 23.3 Å². The number of carbonyl (C=O) groups is 1. The standard InChI is InChI=1S/C16H25ClN4O/c1-3-16(4-2,11-18)15(22)20-12-7-9-21(10-12)14-13(17)6-5-8-19-14/h5-6,8,12H,3-4,7,9-11,18H2,1-2H3,(H,20,22). The van der Waals surface area contributed by atoms with E-state index in [2.05, 4.69) is 15.2 Å². The largest absolute Gasteiger partial charge is 0.353 e. The number of nitrogens with two attached hydrogens (primary N) is 1. The van der Waals surface area contributed by atoms with Crippen LogP contribution in [0.5, 0.6) is 0 Å². The Kier molecular flexibility index (Phi) is 5.64.